The average molecular weight is 547 g/mol. The van der Waals surface area contributed by atoms with E-state index in [-0.39, 0.29) is 31.4 Å². The van der Waals surface area contributed by atoms with Gasteiger partial charge in [0, 0.05) is 29.1 Å². The molecular formula is C23H24BrFN6O4. The van der Waals surface area contributed by atoms with Crippen molar-refractivity contribution in [2.75, 3.05) is 25.6 Å². The minimum absolute atomic E-state index is 0.0557. The molecule has 2 atom stereocenters. The third-order valence-electron chi connectivity index (χ3n) is 5.38. The van der Waals surface area contributed by atoms with Gasteiger partial charge in [-0.15, -0.1) is 0 Å². The molecule has 0 aliphatic carbocycles. The number of nitrogens with two attached hydrogens (primary N) is 1. The van der Waals surface area contributed by atoms with Crippen molar-refractivity contribution in [3.8, 4) is 11.1 Å². The van der Waals surface area contributed by atoms with Crippen molar-refractivity contribution in [3.05, 3.63) is 52.6 Å². The highest BCUT2D eigenvalue weighted by molar-refractivity contribution is 9.10. The lowest BCUT2D eigenvalue weighted by atomic mass is 10.1. The Balaban J connectivity index is 1.58. The lowest BCUT2D eigenvalue weighted by molar-refractivity contribution is -0.123. The standard InChI is InChI=1S/C23H24BrFN6O4/c1-12(29-19(34)4-5-35-11-16(33)10-32)21-20(24)22(26)31-23(30-21)17(9-28-31)14-6-13-7-15(25)2-3-18(13)27-8-14/h2-3,6-9,12,16,32-33H,4-5,10-11,26H2,1H3,(H,29,34). The van der Waals surface area contributed by atoms with Gasteiger partial charge in [-0.05, 0) is 47.1 Å². The zero-order valence-corrected chi connectivity index (χ0v) is 20.4. The van der Waals surface area contributed by atoms with Gasteiger partial charge in [0.05, 0.1) is 47.7 Å². The second-order valence-corrected chi connectivity index (χ2v) is 8.79. The molecule has 4 rings (SSSR count). The number of ether oxygens (including phenoxy) is 1. The van der Waals surface area contributed by atoms with Gasteiger partial charge in [-0.25, -0.2) is 9.37 Å². The first-order valence-electron chi connectivity index (χ1n) is 10.8. The summed E-state index contributed by atoms with van der Waals surface area (Å²) in [5, 5.41) is 25.9. The maximum atomic E-state index is 13.7. The van der Waals surface area contributed by atoms with Gasteiger partial charge in [0.2, 0.25) is 5.91 Å². The Morgan fingerprint density at radius 2 is 2.14 bits per heavy atom. The number of nitrogen functional groups attached to an aromatic ring is 1. The molecule has 10 nitrogen and oxygen atoms in total. The van der Waals surface area contributed by atoms with Crippen LogP contribution in [-0.4, -0.2) is 61.6 Å². The van der Waals surface area contributed by atoms with Crippen molar-refractivity contribution in [2.45, 2.75) is 25.5 Å². The van der Waals surface area contributed by atoms with Crippen LogP contribution in [0.15, 0.2) is 41.1 Å². The molecule has 3 heterocycles. The topological polar surface area (TPSA) is 148 Å². The summed E-state index contributed by atoms with van der Waals surface area (Å²) in [6.07, 6.45) is 2.36. The molecule has 3 aromatic heterocycles. The molecule has 5 N–H and O–H groups in total. The van der Waals surface area contributed by atoms with Gasteiger partial charge in [-0.1, -0.05) is 0 Å². The van der Waals surface area contributed by atoms with Gasteiger partial charge in [-0.2, -0.15) is 9.61 Å². The summed E-state index contributed by atoms with van der Waals surface area (Å²) in [6, 6.07) is 5.68. The highest BCUT2D eigenvalue weighted by Crippen LogP contribution is 2.33. The number of benzene rings is 1. The molecule has 0 radical (unpaired) electrons. The Bertz CT molecular complexity index is 1380. The zero-order valence-electron chi connectivity index (χ0n) is 18.8. The number of fused-ring (bicyclic) bond motifs is 2. The molecule has 0 saturated carbocycles. The number of aliphatic hydroxyl groups is 2. The first kappa shape index (κ1) is 24.9. The maximum absolute atomic E-state index is 13.7. The third kappa shape index (κ3) is 5.40. The normalized spacial score (nSPS) is 13.3. The number of halogens is 2. The fourth-order valence-electron chi connectivity index (χ4n) is 3.57. The predicted octanol–water partition coefficient (Wildman–Crippen LogP) is 2.37. The molecule has 35 heavy (non-hydrogen) atoms. The highest BCUT2D eigenvalue weighted by atomic mass is 79.9. The minimum atomic E-state index is -0.978. The van der Waals surface area contributed by atoms with Gasteiger partial charge >= 0.3 is 0 Å². The van der Waals surface area contributed by atoms with Crippen LogP contribution in [0.5, 0.6) is 0 Å². The molecule has 0 aliphatic rings. The molecule has 184 valence electrons. The van der Waals surface area contributed by atoms with Crippen LogP contribution >= 0.6 is 15.9 Å². The molecule has 0 saturated heterocycles. The number of aromatic nitrogens is 4. The molecule has 12 heteroatoms. The van der Waals surface area contributed by atoms with Gasteiger partial charge in [0.15, 0.2) is 5.65 Å². The quantitative estimate of drug-likeness (QED) is 0.234. The van der Waals surface area contributed by atoms with Crippen molar-refractivity contribution in [3.63, 3.8) is 0 Å². The van der Waals surface area contributed by atoms with Gasteiger partial charge in [0.1, 0.15) is 17.7 Å². The van der Waals surface area contributed by atoms with Crippen molar-refractivity contribution in [1.82, 2.24) is 24.9 Å². The number of pyridine rings is 1. The van der Waals surface area contributed by atoms with E-state index in [1.54, 1.807) is 31.5 Å². The summed E-state index contributed by atoms with van der Waals surface area (Å²) in [7, 11) is 0. The minimum Gasteiger partial charge on any atom is -0.394 e. The van der Waals surface area contributed by atoms with E-state index in [0.717, 1.165) is 0 Å². The second kappa shape index (κ2) is 10.6. The third-order valence-corrected chi connectivity index (χ3v) is 6.20. The first-order valence-corrected chi connectivity index (χ1v) is 11.6. The van der Waals surface area contributed by atoms with Crippen molar-refractivity contribution < 1.29 is 24.1 Å². The Kier molecular flexibility index (Phi) is 7.55. The van der Waals surface area contributed by atoms with E-state index in [1.807, 2.05) is 0 Å². The fourth-order valence-corrected chi connectivity index (χ4v) is 4.17. The van der Waals surface area contributed by atoms with Crippen molar-refractivity contribution in [1.29, 1.82) is 0 Å². The van der Waals surface area contributed by atoms with E-state index < -0.39 is 18.8 Å². The van der Waals surface area contributed by atoms with Crippen molar-refractivity contribution in [2.24, 2.45) is 0 Å². The van der Waals surface area contributed by atoms with Crippen LogP contribution in [0.4, 0.5) is 10.2 Å². The van der Waals surface area contributed by atoms with Crippen LogP contribution in [0.1, 0.15) is 25.1 Å². The molecule has 0 bridgehead atoms. The first-order chi connectivity index (χ1) is 16.8. The Labute approximate surface area is 208 Å². The molecule has 2 unspecified atom stereocenters. The SMILES string of the molecule is CC(NC(=O)CCOCC(O)CO)c1nc2c(-c3cnc4ccc(F)cc4c3)cnn2c(N)c1Br. The van der Waals surface area contributed by atoms with Crippen LogP contribution in [-0.2, 0) is 9.53 Å². The smallest absolute Gasteiger partial charge is 0.222 e. The van der Waals surface area contributed by atoms with Gasteiger partial charge in [0.25, 0.3) is 0 Å². The summed E-state index contributed by atoms with van der Waals surface area (Å²) in [6.45, 7) is 1.40. The number of nitrogens with one attached hydrogen (secondary N) is 1. The molecule has 0 aliphatic heterocycles. The Morgan fingerprint density at radius 1 is 1.34 bits per heavy atom. The number of hydrogen-bond acceptors (Lipinski definition) is 8. The number of nitrogens with zero attached hydrogens (tertiary/aromatic N) is 4. The lowest BCUT2D eigenvalue weighted by Crippen LogP contribution is -2.29. The number of aliphatic hydroxyl groups excluding tert-OH is 2. The van der Waals surface area contributed by atoms with Crippen LogP contribution in [0.3, 0.4) is 0 Å². The molecule has 1 amide bonds. The average Bonchev–Trinajstić information content (AvgIpc) is 3.27. The number of anilines is 1. The van der Waals surface area contributed by atoms with E-state index in [4.69, 9.17) is 20.6 Å². The summed E-state index contributed by atoms with van der Waals surface area (Å²) < 4.78 is 20.9. The lowest BCUT2D eigenvalue weighted by Gasteiger charge is -2.17. The van der Waals surface area contributed by atoms with E-state index in [0.29, 0.717) is 43.7 Å². The molecular weight excluding hydrogens is 523 g/mol. The van der Waals surface area contributed by atoms with E-state index in [1.165, 1.54) is 16.6 Å². The molecule has 0 spiro atoms. The second-order valence-electron chi connectivity index (χ2n) is 8.00. The van der Waals surface area contributed by atoms with E-state index >= 15 is 0 Å². The highest BCUT2D eigenvalue weighted by Gasteiger charge is 2.21. The summed E-state index contributed by atoms with van der Waals surface area (Å²) in [5.41, 5.74) is 9.27. The number of carbonyl (C=O) groups is 1. The molecule has 4 aromatic rings. The fraction of sp³-hybridized carbons (Fsp3) is 0.304. The number of hydrogen-bond donors (Lipinski definition) is 4. The van der Waals surface area contributed by atoms with Crippen LogP contribution in [0, 0.1) is 5.82 Å². The maximum Gasteiger partial charge on any atom is 0.222 e. The number of carbonyl (C=O) groups excluding carboxylic acids is 1. The summed E-state index contributed by atoms with van der Waals surface area (Å²) >= 11 is 3.46. The summed E-state index contributed by atoms with van der Waals surface area (Å²) in [4.78, 5) is 21.5. The largest absolute Gasteiger partial charge is 0.394 e. The summed E-state index contributed by atoms with van der Waals surface area (Å²) in [5.74, 6) is -0.333. The monoisotopic (exact) mass is 546 g/mol. The Morgan fingerprint density at radius 3 is 2.91 bits per heavy atom. The van der Waals surface area contributed by atoms with Gasteiger partial charge in [-0.3, -0.25) is 9.78 Å². The predicted molar refractivity (Wildman–Crippen MR) is 131 cm³/mol. The molecule has 1 aromatic carbocycles. The number of amides is 1. The number of rotatable bonds is 9. The van der Waals surface area contributed by atoms with Crippen molar-refractivity contribution >= 4 is 44.2 Å². The van der Waals surface area contributed by atoms with Crippen LogP contribution in [0.2, 0.25) is 0 Å². The Hall–Kier alpha value is -3.19. The van der Waals surface area contributed by atoms with Gasteiger partial charge < -0.3 is 26.0 Å². The zero-order chi connectivity index (χ0) is 25.1. The van der Waals surface area contributed by atoms with Crippen LogP contribution in [0.25, 0.3) is 27.7 Å². The molecule has 0 fully saturated rings. The van der Waals surface area contributed by atoms with Crippen LogP contribution < -0.4 is 11.1 Å². The van der Waals surface area contributed by atoms with E-state index in [2.05, 4.69) is 31.3 Å². The van der Waals surface area contributed by atoms with E-state index in [9.17, 15) is 14.3 Å².